The van der Waals surface area contributed by atoms with Gasteiger partial charge in [-0.1, -0.05) is 35.5 Å². The lowest BCUT2D eigenvalue weighted by atomic mass is 10.1. The summed E-state index contributed by atoms with van der Waals surface area (Å²) in [7, 11) is 2.92. The maximum atomic E-state index is 13.4. The monoisotopic (exact) mass is 493 g/mol. The standard InChI is InChI=1S/C26H31N5O5/c1-4-36-24-8-6-5-7-19(24)15-30-16-20(31-17-22(28-29-31)26(33)35-3)13-23(30)25(32)27-14-18-9-11-21(34-2)12-10-18/h5-12,17,20,23H,4,13-16H2,1-3H3,(H,27,32)/t20-,23-/m0/s1. The van der Waals surface area contributed by atoms with E-state index in [1.165, 1.54) is 7.11 Å². The summed E-state index contributed by atoms with van der Waals surface area (Å²) >= 11 is 0. The molecule has 0 bridgehead atoms. The molecule has 0 aliphatic carbocycles. The highest BCUT2D eigenvalue weighted by Crippen LogP contribution is 2.31. The number of aromatic nitrogens is 3. The number of rotatable bonds is 10. The molecule has 2 aromatic carbocycles. The fourth-order valence-electron chi connectivity index (χ4n) is 4.37. The van der Waals surface area contributed by atoms with Gasteiger partial charge in [0, 0.05) is 25.2 Å². The molecular weight excluding hydrogens is 462 g/mol. The van der Waals surface area contributed by atoms with E-state index >= 15 is 0 Å². The number of nitrogens with zero attached hydrogens (tertiary/aromatic N) is 4. The third-order valence-corrected chi connectivity index (χ3v) is 6.23. The van der Waals surface area contributed by atoms with Gasteiger partial charge in [-0.15, -0.1) is 5.10 Å². The lowest BCUT2D eigenvalue weighted by Gasteiger charge is -2.24. The molecule has 10 nitrogen and oxygen atoms in total. The number of amides is 1. The zero-order valence-electron chi connectivity index (χ0n) is 20.7. The molecular formula is C26H31N5O5. The first kappa shape index (κ1) is 25.2. The molecule has 4 rings (SSSR count). The van der Waals surface area contributed by atoms with Gasteiger partial charge in [-0.25, -0.2) is 9.48 Å². The first-order valence-electron chi connectivity index (χ1n) is 11.9. The molecule has 190 valence electrons. The van der Waals surface area contributed by atoms with Crippen LogP contribution in [0.4, 0.5) is 0 Å². The van der Waals surface area contributed by atoms with Crippen LogP contribution in [0.3, 0.4) is 0 Å². The Labute approximate surface area is 210 Å². The van der Waals surface area contributed by atoms with Crippen LogP contribution in [0, 0.1) is 0 Å². The van der Waals surface area contributed by atoms with E-state index < -0.39 is 12.0 Å². The van der Waals surface area contributed by atoms with Crippen LogP contribution in [0.15, 0.2) is 54.7 Å². The molecule has 0 saturated carbocycles. The van der Waals surface area contributed by atoms with E-state index in [4.69, 9.17) is 14.2 Å². The number of likely N-dealkylation sites (tertiary alicyclic amines) is 1. The summed E-state index contributed by atoms with van der Waals surface area (Å²) in [5, 5.41) is 11.1. The van der Waals surface area contributed by atoms with Gasteiger partial charge in [0.25, 0.3) is 0 Å². The molecule has 1 N–H and O–H groups in total. The lowest BCUT2D eigenvalue weighted by Crippen LogP contribution is -2.42. The molecule has 1 aliphatic rings. The Hall–Kier alpha value is -3.92. The molecule has 0 radical (unpaired) electrons. The normalized spacial score (nSPS) is 17.5. The Morgan fingerprint density at radius 3 is 2.61 bits per heavy atom. The number of benzene rings is 2. The van der Waals surface area contributed by atoms with E-state index in [1.54, 1.807) is 18.0 Å². The molecule has 0 unspecified atom stereocenters. The number of esters is 1. The van der Waals surface area contributed by atoms with Gasteiger partial charge in [0.2, 0.25) is 5.91 Å². The second-order valence-corrected chi connectivity index (χ2v) is 8.52. The molecule has 0 spiro atoms. The van der Waals surface area contributed by atoms with Crippen LogP contribution in [0.5, 0.6) is 11.5 Å². The van der Waals surface area contributed by atoms with Crippen molar-refractivity contribution >= 4 is 11.9 Å². The summed E-state index contributed by atoms with van der Waals surface area (Å²) < 4.78 is 17.4. The van der Waals surface area contributed by atoms with E-state index in [0.29, 0.717) is 32.7 Å². The predicted octanol–water partition coefficient (Wildman–Crippen LogP) is 2.60. The first-order valence-corrected chi connectivity index (χ1v) is 11.9. The number of methoxy groups -OCH3 is 2. The Morgan fingerprint density at radius 2 is 1.89 bits per heavy atom. The van der Waals surface area contributed by atoms with E-state index in [9.17, 15) is 9.59 Å². The SMILES string of the molecule is CCOc1ccccc1CN1C[C@@H](n2cc(C(=O)OC)nn2)C[C@H]1C(=O)NCc1ccc(OC)cc1. The second-order valence-electron chi connectivity index (χ2n) is 8.52. The number of para-hydroxylation sites is 1. The maximum Gasteiger partial charge on any atom is 0.360 e. The highest BCUT2D eigenvalue weighted by Gasteiger charge is 2.38. The van der Waals surface area contributed by atoms with Crippen molar-refractivity contribution < 1.29 is 23.8 Å². The van der Waals surface area contributed by atoms with Crippen molar-refractivity contribution in [2.75, 3.05) is 27.4 Å². The van der Waals surface area contributed by atoms with Crippen LogP contribution >= 0.6 is 0 Å². The number of nitrogens with one attached hydrogen (secondary N) is 1. The van der Waals surface area contributed by atoms with Crippen molar-refractivity contribution in [2.24, 2.45) is 0 Å². The molecule has 10 heteroatoms. The van der Waals surface area contributed by atoms with Crippen molar-refractivity contribution in [3.8, 4) is 11.5 Å². The van der Waals surface area contributed by atoms with Crippen molar-refractivity contribution in [3.63, 3.8) is 0 Å². The van der Waals surface area contributed by atoms with Crippen LogP contribution in [0.2, 0.25) is 0 Å². The van der Waals surface area contributed by atoms with E-state index in [2.05, 4.69) is 20.5 Å². The third-order valence-electron chi connectivity index (χ3n) is 6.23. The zero-order chi connectivity index (χ0) is 25.5. The van der Waals surface area contributed by atoms with Crippen LogP contribution in [-0.2, 0) is 22.6 Å². The van der Waals surface area contributed by atoms with Gasteiger partial charge in [0.1, 0.15) is 11.5 Å². The first-order chi connectivity index (χ1) is 17.5. The molecule has 36 heavy (non-hydrogen) atoms. The molecule has 1 amide bonds. The summed E-state index contributed by atoms with van der Waals surface area (Å²) in [5.41, 5.74) is 2.12. The summed E-state index contributed by atoms with van der Waals surface area (Å²) in [6, 6.07) is 14.9. The molecule has 3 aromatic rings. The molecule has 1 aromatic heterocycles. The van der Waals surface area contributed by atoms with Crippen molar-refractivity contribution in [1.29, 1.82) is 0 Å². The summed E-state index contributed by atoms with van der Waals surface area (Å²) in [5.74, 6) is 0.947. The Bertz CT molecular complexity index is 1180. The van der Waals surface area contributed by atoms with Gasteiger partial charge in [-0.2, -0.15) is 0 Å². The Balaban J connectivity index is 1.52. The van der Waals surface area contributed by atoms with Crippen LogP contribution < -0.4 is 14.8 Å². The molecule has 1 aliphatic heterocycles. The highest BCUT2D eigenvalue weighted by molar-refractivity contribution is 5.86. The summed E-state index contributed by atoms with van der Waals surface area (Å²) in [4.78, 5) is 27.3. The topological polar surface area (TPSA) is 108 Å². The minimum absolute atomic E-state index is 0.0736. The van der Waals surface area contributed by atoms with Gasteiger partial charge in [-0.3, -0.25) is 9.69 Å². The van der Waals surface area contributed by atoms with Crippen LogP contribution in [0.1, 0.15) is 41.0 Å². The van der Waals surface area contributed by atoms with E-state index in [-0.39, 0.29) is 17.6 Å². The van der Waals surface area contributed by atoms with Gasteiger partial charge in [0.05, 0.1) is 39.1 Å². The molecule has 2 heterocycles. The number of hydrogen-bond acceptors (Lipinski definition) is 8. The van der Waals surface area contributed by atoms with Crippen molar-refractivity contribution in [2.45, 2.75) is 38.5 Å². The quantitative estimate of drug-likeness (QED) is 0.430. The largest absolute Gasteiger partial charge is 0.497 e. The Kier molecular flexibility index (Phi) is 8.17. The number of hydrogen-bond donors (Lipinski definition) is 1. The fourth-order valence-corrected chi connectivity index (χ4v) is 4.37. The summed E-state index contributed by atoms with van der Waals surface area (Å²) in [6.07, 6.45) is 2.09. The zero-order valence-corrected chi connectivity index (χ0v) is 20.7. The van der Waals surface area contributed by atoms with Gasteiger partial charge in [-0.05, 0) is 37.1 Å². The van der Waals surface area contributed by atoms with E-state index in [0.717, 1.165) is 22.6 Å². The van der Waals surface area contributed by atoms with Crippen LogP contribution in [-0.4, -0.2) is 65.2 Å². The maximum absolute atomic E-state index is 13.4. The van der Waals surface area contributed by atoms with Gasteiger partial charge < -0.3 is 19.5 Å². The molecule has 1 saturated heterocycles. The minimum atomic E-state index is -0.546. The smallest absolute Gasteiger partial charge is 0.360 e. The number of carbonyl (C=O) groups excluding carboxylic acids is 2. The number of carbonyl (C=O) groups is 2. The average molecular weight is 494 g/mol. The minimum Gasteiger partial charge on any atom is -0.497 e. The highest BCUT2D eigenvalue weighted by atomic mass is 16.5. The third kappa shape index (κ3) is 5.83. The Morgan fingerprint density at radius 1 is 1.11 bits per heavy atom. The predicted molar refractivity (Wildman–Crippen MR) is 132 cm³/mol. The molecule has 1 fully saturated rings. The fraction of sp³-hybridized carbons (Fsp3) is 0.385. The van der Waals surface area contributed by atoms with Crippen molar-refractivity contribution in [3.05, 3.63) is 71.5 Å². The summed E-state index contributed by atoms with van der Waals surface area (Å²) in [6.45, 7) is 4.00. The number of ether oxygens (including phenoxy) is 3. The average Bonchev–Trinajstić information content (AvgIpc) is 3.56. The lowest BCUT2D eigenvalue weighted by molar-refractivity contribution is -0.125. The van der Waals surface area contributed by atoms with E-state index in [1.807, 2.05) is 55.5 Å². The molecule has 2 atom stereocenters. The van der Waals surface area contributed by atoms with Crippen molar-refractivity contribution in [1.82, 2.24) is 25.2 Å². The second kappa shape index (κ2) is 11.7. The van der Waals surface area contributed by atoms with Crippen LogP contribution in [0.25, 0.3) is 0 Å². The van der Waals surface area contributed by atoms with Gasteiger partial charge in [0.15, 0.2) is 5.69 Å². The van der Waals surface area contributed by atoms with Gasteiger partial charge >= 0.3 is 5.97 Å².